The number of carbonyl (C=O) groups excluding carboxylic acids is 3. The first-order valence-corrected chi connectivity index (χ1v) is 8.63. The van der Waals surface area contributed by atoms with Gasteiger partial charge in [-0.25, -0.2) is 4.79 Å². The molecule has 2 amide bonds. The van der Waals surface area contributed by atoms with Gasteiger partial charge < -0.3 is 15.8 Å². The largest absolute Gasteiger partial charge is 0.459 e. The van der Waals surface area contributed by atoms with Gasteiger partial charge in [0, 0.05) is 17.7 Å². The number of anilines is 1. The topological polar surface area (TPSA) is 142 Å². The van der Waals surface area contributed by atoms with Gasteiger partial charge in [-0.1, -0.05) is 6.07 Å². The summed E-state index contributed by atoms with van der Waals surface area (Å²) in [6.45, 7) is 4.89. The van der Waals surface area contributed by atoms with Crippen LogP contribution in [0.4, 0.5) is 10.7 Å². The monoisotopic (exact) mass is 391 g/mol. The van der Waals surface area contributed by atoms with Crippen LogP contribution in [0.25, 0.3) is 0 Å². The third kappa shape index (κ3) is 4.47. The number of esters is 1. The summed E-state index contributed by atoms with van der Waals surface area (Å²) in [4.78, 5) is 46.8. The molecule has 0 unspecified atom stereocenters. The van der Waals surface area contributed by atoms with Gasteiger partial charge in [-0.05, 0) is 32.4 Å². The SMILES string of the molecule is Cc1c(C(=O)OC(C)C)sc(NC(=O)c2cccc([N+](=O)[O-])c2)c1C(N)=O. The first kappa shape index (κ1) is 20.0. The molecule has 0 fully saturated rings. The lowest BCUT2D eigenvalue weighted by Crippen LogP contribution is -2.17. The molecule has 9 nitrogen and oxygen atoms in total. The minimum absolute atomic E-state index is 0.00510. The fraction of sp³-hybridized carbons (Fsp3) is 0.235. The van der Waals surface area contributed by atoms with Crippen LogP contribution in [0.5, 0.6) is 0 Å². The van der Waals surface area contributed by atoms with Gasteiger partial charge in [0.2, 0.25) is 0 Å². The molecule has 0 aliphatic carbocycles. The van der Waals surface area contributed by atoms with Crippen LogP contribution in [0.15, 0.2) is 24.3 Å². The Balaban J connectivity index is 2.39. The number of carbonyl (C=O) groups is 3. The predicted octanol–water partition coefficient (Wildman–Crippen LogP) is 2.88. The normalized spacial score (nSPS) is 10.5. The molecule has 0 bridgehead atoms. The van der Waals surface area contributed by atoms with Gasteiger partial charge in [0.15, 0.2) is 0 Å². The van der Waals surface area contributed by atoms with Crippen LogP contribution in [0.1, 0.15) is 49.8 Å². The number of nitro groups is 1. The van der Waals surface area contributed by atoms with Gasteiger partial charge in [-0.2, -0.15) is 0 Å². The summed E-state index contributed by atoms with van der Waals surface area (Å²) in [5.41, 5.74) is 5.45. The molecule has 0 aliphatic heterocycles. The average molecular weight is 391 g/mol. The Bertz CT molecular complexity index is 935. The maximum absolute atomic E-state index is 12.4. The Kier molecular flexibility index (Phi) is 5.91. The number of rotatable bonds is 6. The molecular weight excluding hydrogens is 374 g/mol. The zero-order chi connectivity index (χ0) is 20.3. The highest BCUT2D eigenvalue weighted by molar-refractivity contribution is 7.18. The lowest BCUT2D eigenvalue weighted by molar-refractivity contribution is -0.384. The first-order chi connectivity index (χ1) is 12.6. The predicted molar refractivity (Wildman–Crippen MR) is 99.2 cm³/mol. The van der Waals surface area contributed by atoms with Crippen molar-refractivity contribution in [3.63, 3.8) is 0 Å². The molecule has 27 heavy (non-hydrogen) atoms. The van der Waals surface area contributed by atoms with Crippen LogP contribution in [-0.4, -0.2) is 28.8 Å². The molecule has 0 aliphatic rings. The van der Waals surface area contributed by atoms with Gasteiger partial charge in [0.1, 0.15) is 9.88 Å². The van der Waals surface area contributed by atoms with E-state index in [1.807, 2.05) is 0 Å². The molecule has 1 aromatic carbocycles. The summed E-state index contributed by atoms with van der Waals surface area (Å²) < 4.78 is 5.13. The minimum atomic E-state index is -0.818. The zero-order valence-corrected chi connectivity index (χ0v) is 15.6. The van der Waals surface area contributed by atoms with Crippen molar-refractivity contribution in [3.05, 3.63) is 55.9 Å². The number of non-ortho nitro benzene ring substituents is 1. The summed E-state index contributed by atoms with van der Waals surface area (Å²) >= 11 is 0.857. The van der Waals surface area contributed by atoms with Gasteiger partial charge in [0.25, 0.3) is 17.5 Å². The molecule has 0 atom stereocenters. The number of ether oxygens (including phenoxy) is 1. The van der Waals surface area contributed by atoms with Crippen molar-refractivity contribution in [2.45, 2.75) is 26.9 Å². The lowest BCUT2D eigenvalue weighted by Gasteiger charge is -2.06. The number of nitro benzene ring substituents is 1. The second kappa shape index (κ2) is 7.96. The maximum atomic E-state index is 12.4. The van der Waals surface area contributed by atoms with E-state index in [4.69, 9.17) is 10.5 Å². The third-order valence-corrected chi connectivity index (χ3v) is 4.65. The lowest BCUT2D eigenvalue weighted by atomic mass is 10.1. The molecule has 0 saturated heterocycles. The fourth-order valence-electron chi connectivity index (χ4n) is 2.30. The Labute approximate surface area is 158 Å². The molecule has 0 spiro atoms. The standard InChI is InChI=1S/C17H17N3O6S/c1-8(2)26-17(23)13-9(3)12(14(18)21)16(27-13)19-15(22)10-5-4-6-11(7-10)20(24)25/h4-8H,1-3H3,(H2,18,21)(H,19,22). The van der Waals surface area contributed by atoms with Crippen LogP contribution in [0.3, 0.4) is 0 Å². The number of nitrogens with two attached hydrogens (primary N) is 1. The number of nitrogens with zero attached hydrogens (tertiary/aromatic N) is 1. The molecule has 10 heteroatoms. The van der Waals surface area contributed by atoms with Crippen molar-refractivity contribution in [1.29, 1.82) is 0 Å². The smallest absolute Gasteiger partial charge is 0.348 e. The number of thiophene rings is 1. The number of hydrogen-bond donors (Lipinski definition) is 2. The van der Waals surface area contributed by atoms with E-state index in [-0.39, 0.29) is 32.8 Å². The molecule has 1 heterocycles. The number of primary amides is 1. The van der Waals surface area contributed by atoms with E-state index in [2.05, 4.69) is 5.32 Å². The number of benzene rings is 1. The van der Waals surface area contributed by atoms with Crippen LogP contribution in [0.2, 0.25) is 0 Å². The van der Waals surface area contributed by atoms with E-state index in [1.165, 1.54) is 25.1 Å². The Morgan fingerprint density at radius 1 is 1.30 bits per heavy atom. The molecule has 2 rings (SSSR count). The van der Waals surface area contributed by atoms with Gasteiger partial charge in [0.05, 0.1) is 16.6 Å². The highest BCUT2D eigenvalue weighted by Gasteiger charge is 2.26. The van der Waals surface area contributed by atoms with E-state index in [1.54, 1.807) is 13.8 Å². The molecule has 3 N–H and O–H groups in total. The average Bonchev–Trinajstić information content (AvgIpc) is 2.90. The second-order valence-electron chi connectivity index (χ2n) is 5.84. The molecule has 142 valence electrons. The number of hydrogen-bond acceptors (Lipinski definition) is 7. The van der Waals surface area contributed by atoms with Crippen molar-refractivity contribution in [3.8, 4) is 0 Å². The fourth-order valence-corrected chi connectivity index (χ4v) is 3.39. The van der Waals surface area contributed by atoms with E-state index in [0.717, 1.165) is 17.4 Å². The third-order valence-electron chi connectivity index (χ3n) is 3.47. The Morgan fingerprint density at radius 2 is 1.96 bits per heavy atom. The molecule has 0 radical (unpaired) electrons. The van der Waals surface area contributed by atoms with Gasteiger partial charge in [-0.15, -0.1) is 11.3 Å². The van der Waals surface area contributed by atoms with Crippen LogP contribution in [0, 0.1) is 17.0 Å². The summed E-state index contributed by atoms with van der Waals surface area (Å²) in [7, 11) is 0. The summed E-state index contributed by atoms with van der Waals surface area (Å²) in [5.74, 6) is -2.13. The Morgan fingerprint density at radius 3 is 2.52 bits per heavy atom. The maximum Gasteiger partial charge on any atom is 0.348 e. The van der Waals surface area contributed by atoms with E-state index in [0.29, 0.717) is 5.56 Å². The van der Waals surface area contributed by atoms with Crippen molar-refractivity contribution < 1.29 is 24.0 Å². The quantitative estimate of drug-likeness (QED) is 0.440. The van der Waals surface area contributed by atoms with Crippen LogP contribution >= 0.6 is 11.3 Å². The zero-order valence-electron chi connectivity index (χ0n) is 14.8. The molecule has 2 aromatic rings. The first-order valence-electron chi connectivity index (χ1n) is 7.81. The van der Waals surface area contributed by atoms with Crippen LogP contribution < -0.4 is 11.1 Å². The summed E-state index contributed by atoms with van der Waals surface area (Å²) in [6.07, 6.45) is -0.362. The van der Waals surface area contributed by atoms with E-state index >= 15 is 0 Å². The summed E-state index contributed by atoms with van der Waals surface area (Å²) in [6, 6.07) is 5.11. The minimum Gasteiger partial charge on any atom is -0.459 e. The Hall–Kier alpha value is -3.27. The van der Waals surface area contributed by atoms with Crippen molar-refractivity contribution in [2.24, 2.45) is 5.73 Å². The number of amides is 2. The van der Waals surface area contributed by atoms with Crippen molar-refractivity contribution in [2.75, 3.05) is 5.32 Å². The van der Waals surface area contributed by atoms with Crippen molar-refractivity contribution >= 4 is 39.8 Å². The van der Waals surface area contributed by atoms with E-state index < -0.39 is 22.7 Å². The van der Waals surface area contributed by atoms with E-state index in [9.17, 15) is 24.5 Å². The van der Waals surface area contributed by atoms with Gasteiger partial charge in [-0.3, -0.25) is 19.7 Å². The second-order valence-corrected chi connectivity index (χ2v) is 6.86. The highest BCUT2D eigenvalue weighted by atomic mass is 32.1. The molecular formula is C17H17N3O6S. The molecule has 1 aromatic heterocycles. The van der Waals surface area contributed by atoms with Crippen molar-refractivity contribution in [1.82, 2.24) is 0 Å². The molecule has 0 saturated carbocycles. The number of nitrogens with one attached hydrogen (secondary N) is 1. The van der Waals surface area contributed by atoms with Gasteiger partial charge >= 0.3 is 5.97 Å². The van der Waals surface area contributed by atoms with Crippen LogP contribution in [-0.2, 0) is 4.74 Å². The highest BCUT2D eigenvalue weighted by Crippen LogP contribution is 2.34. The summed E-state index contributed by atoms with van der Waals surface area (Å²) in [5, 5.41) is 13.4.